The lowest BCUT2D eigenvalue weighted by molar-refractivity contribution is 0.109. The van der Waals surface area contributed by atoms with Crippen molar-refractivity contribution in [2.24, 2.45) is 0 Å². The molecule has 1 heterocycles. The molecule has 0 N–H and O–H groups in total. The molecule has 5 heteroatoms. The first-order chi connectivity index (χ1) is 5.65. The first kappa shape index (κ1) is 10.2. The van der Waals surface area contributed by atoms with Gasteiger partial charge < -0.3 is 0 Å². The van der Waals surface area contributed by atoms with Gasteiger partial charge in [0.15, 0.2) is 3.92 Å². The zero-order valence-corrected chi connectivity index (χ0v) is 9.98. The van der Waals surface area contributed by atoms with Crippen molar-refractivity contribution in [2.75, 3.05) is 5.75 Å². The molecule has 0 amide bonds. The second-order valence-electron chi connectivity index (χ2n) is 2.10. The number of nitrogens with zero attached hydrogens (tertiary/aromatic N) is 1. The Morgan fingerprint density at radius 3 is 2.83 bits per heavy atom. The van der Waals surface area contributed by atoms with Crippen LogP contribution in [0.1, 0.15) is 22.3 Å². The zero-order valence-electron chi connectivity index (χ0n) is 6.76. The zero-order chi connectivity index (χ0) is 9.14. The van der Waals surface area contributed by atoms with E-state index in [0.29, 0.717) is 0 Å². The van der Waals surface area contributed by atoms with Crippen LogP contribution in [0.2, 0.25) is 0 Å². The topological polar surface area (TPSA) is 30.0 Å². The molecule has 0 saturated carbocycles. The van der Waals surface area contributed by atoms with E-state index in [1.807, 2.05) is 13.8 Å². The van der Waals surface area contributed by atoms with Crippen molar-refractivity contribution in [1.82, 2.24) is 4.98 Å². The third-order valence-electron chi connectivity index (χ3n) is 1.23. The van der Waals surface area contributed by atoms with Gasteiger partial charge in [0.25, 0.3) is 0 Å². The summed E-state index contributed by atoms with van der Waals surface area (Å²) < 4.78 is 0.778. The Morgan fingerprint density at radius 1 is 1.75 bits per heavy atom. The number of hydrogen-bond acceptors (Lipinski definition) is 4. The summed E-state index contributed by atoms with van der Waals surface area (Å²) >= 11 is 5.97. The van der Waals surface area contributed by atoms with Crippen molar-refractivity contribution in [3.05, 3.63) is 14.5 Å². The molecule has 66 valence electrons. The Bertz CT molecular complexity index is 298. The van der Waals surface area contributed by atoms with Gasteiger partial charge in [-0.25, -0.2) is 4.98 Å². The van der Waals surface area contributed by atoms with Gasteiger partial charge in [-0.2, -0.15) is 0 Å². The van der Waals surface area contributed by atoms with Crippen LogP contribution in [0, 0.1) is 6.92 Å². The average Bonchev–Trinajstić information content (AvgIpc) is 2.30. The highest BCUT2D eigenvalue weighted by atomic mass is 79.9. The highest BCUT2D eigenvalue weighted by Crippen LogP contribution is 2.26. The van der Waals surface area contributed by atoms with E-state index >= 15 is 0 Å². The van der Waals surface area contributed by atoms with Crippen LogP contribution in [0.25, 0.3) is 0 Å². The summed E-state index contributed by atoms with van der Waals surface area (Å²) in [5.74, 6) is 0.813. The standard InChI is InChI=1S/C7H8BrNOS2/c1-3-11-6(10)5-4(2)9-7(8)12-5/h3H2,1-2H3. The summed E-state index contributed by atoms with van der Waals surface area (Å²) in [6.45, 7) is 3.82. The Kier molecular flexibility index (Phi) is 3.74. The van der Waals surface area contributed by atoms with Crippen molar-refractivity contribution in [3.63, 3.8) is 0 Å². The molecule has 0 atom stereocenters. The lowest BCUT2D eigenvalue weighted by Crippen LogP contribution is -1.92. The Labute approximate surface area is 87.9 Å². The van der Waals surface area contributed by atoms with Gasteiger partial charge in [-0.05, 0) is 28.6 Å². The van der Waals surface area contributed by atoms with Crippen LogP contribution in [-0.2, 0) is 0 Å². The maximum atomic E-state index is 11.4. The van der Waals surface area contributed by atoms with E-state index in [1.165, 1.54) is 23.1 Å². The van der Waals surface area contributed by atoms with Crippen molar-refractivity contribution in [2.45, 2.75) is 13.8 Å². The SMILES string of the molecule is CCSC(=O)c1sc(Br)nc1C. The minimum Gasteiger partial charge on any atom is -0.281 e. The number of carbonyl (C=O) groups excluding carboxylic acids is 1. The molecule has 0 aliphatic rings. The van der Waals surface area contributed by atoms with Crippen LogP contribution in [0.4, 0.5) is 0 Å². The second-order valence-corrected chi connectivity index (χ2v) is 5.61. The minimum atomic E-state index is 0.123. The first-order valence-corrected chi connectivity index (χ1v) is 6.04. The van der Waals surface area contributed by atoms with Crippen molar-refractivity contribution in [3.8, 4) is 0 Å². The molecule has 0 radical (unpaired) electrons. The number of aromatic nitrogens is 1. The molecule has 1 aromatic rings. The molecule has 0 unspecified atom stereocenters. The highest BCUT2D eigenvalue weighted by Gasteiger charge is 2.13. The van der Waals surface area contributed by atoms with Crippen LogP contribution in [0.3, 0.4) is 0 Å². The number of hydrogen-bond donors (Lipinski definition) is 0. The molecule has 12 heavy (non-hydrogen) atoms. The molecule has 0 fully saturated rings. The van der Waals surface area contributed by atoms with Crippen LogP contribution in [-0.4, -0.2) is 15.9 Å². The van der Waals surface area contributed by atoms with Gasteiger partial charge in [0.05, 0.1) is 5.69 Å². The van der Waals surface area contributed by atoms with E-state index in [4.69, 9.17) is 0 Å². The van der Waals surface area contributed by atoms with Crippen LogP contribution >= 0.6 is 39.0 Å². The molecule has 0 aromatic carbocycles. The van der Waals surface area contributed by atoms with Crippen LogP contribution < -0.4 is 0 Å². The fourth-order valence-corrected chi connectivity index (χ4v) is 2.97. The van der Waals surface area contributed by atoms with Gasteiger partial charge in [-0.15, -0.1) is 11.3 Å². The molecule has 2 nitrogen and oxygen atoms in total. The van der Waals surface area contributed by atoms with Crippen LogP contribution in [0.15, 0.2) is 3.92 Å². The van der Waals surface area contributed by atoms with E-state index in [-0.39, 0.29) is 5.12 Å². The van der Waals surface area contributed by atoms with Gasteiger partial charge in [-0.1, -0.05) is 18.7 Å². The molecular formula is C7H8BrNOS2. The largest absolute Gasteiger partial charge is 0.281 e. The maximum absolute atomic E-state index is 11.4. The summed E-state index contributed by atoms with van der Waals surface area (Å²) in [7, 11) is 0. The van der Waals surface area contributed by atoms with Crippen molar-refractivity contribution in [1.29, 1.82) is 0 Å². The lowest BCUT2D eigenvalue weighted by Gasteiger charge is -1.93. The molecular weight excluding hydrogens is 258 g/mol. The summed E-state index contributed by atoms with van der Waals surface area (Å²) in [5.41, 5.74) is 0.817. The van der Waals surface area contributed by atoms with Gasteiger partial charge in [0, 0.05) is 0 Å². The smallest absolute Gasteiger partial charge is 0.231 e. The minimum absolute atomic E-state index is 0.123. The number of thiazole rings is 1. The third-order valence-corrected chi connectivity index (χ3v) is 3.72. The maximum Gasteiger partial charge on any atom is 0.231 e. The number of rotatable bonds is 2. The summed E-state index contributed by atoms with van der Waals surface area (Å²) in [4.78, 5) is 16.3. The van der Waals surface area contributed by atoms with E-state index < -0.39 is 0 Å². The Balaban J connectivity index is 2.87. The average molecular weight is 266 g/mol. The van der Waals surface area contributed by atoms with E-state index in [2.05, 4.69) is 20.9 Å². The molecule has 0 aliphatic heterocycles. The number of carbonyl (C=O) groups is 1. The molecule has 1 rings (SSSR count). The Hall–Kier alpha value is 0.130. The van der Waals surface area contributed by atoms with Gasteiger partial charge >= 0.3 is 0 Å². The summed E-state index contributed by atoms with van der Waals surface area (Å²) in [5, 5.41) is 0.123. The summed E-state index contributed by atoms with van der Waals surface area (Å²) in [6, 6.07) is 0. The number of halogens is 1. The fraction of sp³-hybridized carbons (Fsp3) is 0.429. The van der Waals surface area contributed by atoms with Gasteiger partial charge in [-0.3, -0.25) is 4.79 Å². The Morgan fingerprint density at radius 2 is 2.42 bits per heavy atom. The highest BCUT2D eigenvalue weighted by molar-refractivity contribution is 9.11. The normalized spacial score (nSPS) is 10.2. The lowest BCUT2D eigenvalue weighted by atomic mass is 10.4. The molecule has 1 aromatic heterocycles. The third kappa shape index (κ3) is 2.31. The van der Waals surface area contributed by atoms with Gasteiger partial charge in [0.2, 0.25) is 5.12 Å². The predicted octanol–water partition coefficient (Wildman–Crippen LogP) is 3.11. The number of thioether (sulfide) groups is 1. The fourth-order valence-electron chi connectivity index (χ4n) is 0.750. The molecule has 0 spiro atoms. The second kappa shape index (κ2) is 4.39. The van der Waals surface area contributed by atoms with E-state index in [1.54, 1.807) is 0 Å². The summed E-state index contributed by atoms with van der Waals surface area (Å²) in [6.07, 6.45) is 0. The van der Waals surface area contributed by atoms with E-state index in [9.17, 15) is 4.79 Å². The monoisotopic (exact) mass is 265 g/mol. The molecule has 0 aliphatic carbocycles. The van der Waals surface area contributed by atoms with Gasteiger partial charge in [0.1, 0.15) is 4.88 Å². The number of aryl methyl sites for hydroxylation is 1. The van der Waals surface area contributed by atoms with Crippen molar-refractivity contribution < 1.29 is 4.79 Å². The van der Waals surface area contributed by atoms with E-state index in [0.717, 1.165) is 20.2 Å². The van der Waals surface area contributed by atoms with Crippen molar-refractivity contribution >= 4 is 44.1 Å². The van der Waals surface area contributed by atoms with Crippen LogP contribution in [0.5, 0.6) is 0 Å². The molecule has 0 saturated heterocycles. The first-order valence-electron chi connectivity index (χ1n) is 3.45. The molecule has 0 bridgehead atoms. The predicted molar refractivity (Wildman–Crippen MR) is 57.0 cm³/mol. The quantitative estimate of drug-likeness (QED) is 0.823.